The quantitative estimate of drug-likeness (QED) is 0.496. The number of nitrogens with one attached hydrogen (secondary N) is 2. The number of aryl methyl sites for hydroxylation is 3. The van der Waals surface area contributed by atoms with Crippen LogP contribution in [0.5, 0.6) is 0 Å². The Morgan fingerprint density at radius 2 is 1.91 bits per heavy atom. The van der Waals surface area contributed by atoms with Gasteiger partial charge in [0.15, 0.2) is 0 Å². The number of hydrogen-bond acceptors (Lipinski definition) is 5. The van der Waals surface area contributed by atoms with Crippen molar-refractivity contribution < 1.29 is 9.59 Å². The highest BCUT2D eigenvalue weighted by Gasteiger charge is 2.19. The van der Waals surface area contributed by atoms with Crippen LogP contribution in [0, 0.1) is 12.8 Å². The summed E-state index contributed by atoms with van der Waals surface area (Å²) in [4.78, 5) is 29.6. The summed E-state index contributed by atoms with van der Waals surface area (Å²) in [6.45, 7) is 11.7. The van der Waals surface area contributed by atoms with Gasteiger partial charge in [-0.1, -0.05) is 20.8 Å². The Hall–Kier alpha value is -3.20. The Morgan fingerprint density at radius 1 is 1.19 bits per heavy atom. The molecule has 1 atom stereocenters. The molecule has 0 aliphatic heterocycles. The Bertz CT molecular complexity index is 1070. The number of nitrogens with two attached hydrogens (primary N) is 1. The second-order valence-corrected chi connectivity index (χ2v) is 7.44. The maximum absolute atomic E-state index is 12.9. The van der Waals surface area contributed by atoms with Gasteiger partial charge < -0.3 is 15.6 Å². The highest BCUT2D eigenvalue weighted by atomic mass is 16.2. The van der Waals surface area contributed by atoms with Crippen molar-refractivity contribution in [2.75, 3.05) is 18.9 Å². The standard InChI is InChI=1S/C21H29N7O2.C2H6/c1-5-28-18(10-14(3)26-28)20(30)25-21-24-16-11-15(19(29)23-4)6-7-17(16)27(21)9-8-13(2)12-22;1-2/h6-7,10-11,13H,5,8-9,12,22H2,1-4H3,(H,23,29)(H,24,25,30);1-2H3/t13-;/m0./s1. The van der Waals surface area contributed by atoms with E-state index < -0.39 is 0 Å². The van der Waals surface area contributed by atoms with Crippen molar-refractivity contribution in [1.29, 1.82) is 0 Å². The van der Waals surface area contributed by atoms with Gasteiger partial charge in [0.2, 0.25) is 5.95 Å². The van der Waals surface area contributed by atoms with Crippen LogP contribution >= 0.6 is 0 Å². The van der Waals surface area contributed by atoms with Gasteiger partial charge >= 0.3 is 0 Å². The van der Waals surface area contributed by atoms with Crippen molar-refractivity contribution in [2.45, 2.75) is 54.1 Å². The lowest BCUT2D eigenvalue weighted by Crippen LogP contribution is -2.20. The summed E-state index contributed by atoms with van der Waals surface area (Å²) in [5.74, 6) is 0.318. The van der Waals surface area contributed by atoms with Crippen LogP contribution in [0.25, 0.3) is 11.0 Å². The second-order valence-electron chi connectivity index (χ2n) is 7.44. The first-order valence-corrected chi connectivity index (χ1v) is 11.2. The molecule has 0 unspecified atom stereocenters. The van der Waals surface area contributed by atoms with Crippen LogP contribution in [0.1, 0.15) is 60.7 Å². The fourth-order valence-corrected chi connectivity index (χ4v) is 3.34. The number of amides is 2. The summed E-state index contributed by atoms with van der Waals surface area (Å²) in [6, 6.07) is 7.10. The highest BCUT2D eigenvalue weighted by Crippen LogP contribution is 2.23. The topological polar surface area (TPSA) is 120 Å². The van der Waals surface area contributed by atoms with E-state index in [4.69, 9.17) is 5.73 Å². The molecule has 2 heterocycles. The molecule has 9 nitrogen and oxygen atoms in total. The number of aromatic nitrogens is 4. The molecule has 3 aromatic rings. The summed E-state index contributed by atoms with van der Waals surface area (Å²) in [6.07, 6.45) is 0.841. The third kappa shape index (κ3) is 5.53. The fraction of sp³-hybridized carbons (Fsp3) is 0.478. The zero-order chi connectivity index (χ0) is 23.8. The van der Waals surface area contributed by atoms with E-state index >= 15 is 0 Å². The molecule has 9 heteroatoms. The van der Waals surface area contributed by atoms with Gasteiger partial charge in [0.05, 0.1) is 16.7 Å². The van der Waals surface area contributed by atoms with Gasteiger partial charge in [-0.25, -0.2) is 4.98 Å². The average molecular weight is 442 g/mol. The minimum absolute atomic E-state index is 0.184. The van der Waals surface area contributed by atoms with Gasteiger partial charge in [-0.2, -0.15) is 5.10 Å². The summed E-state index contributed by atoms with van der Waals surface area (Å²) < 4.78 is 3.63. The molecule has 0 bridgehead atoms. The van der Waals surface area contributed by atoms with Crippen molar-refractivity contribution in [2.24, 2.45) is 11.7 Å². The number of nitrogens with zero attached hydrogens (tertiary/aromatic N) is 4. The predicted octanol–water partition coefficient (Wildman–Crippen LogP) is 3.18. The SMILES string of the molecule is CC.CCn1nc(C)cc1C(=O)Nc1nc2cc(C(=O)NC)ccc2n1CC[C@H](C)CN. The number of hydrogen-bond donors (Lipinski definition) is 3. The number of benzene rings is 1. The van der Waals surface area contributed by atoms with Gasteiger partial charge in [0.25, 0.3) is 11.8 Å². The predicted molar refractivity (Wildman–Crippen MR) is 128 cm³/mol. The molecule has 0 fully saturated rings. The molecule has 0 radical (unpaired) electrons. The number of rotatable bonds is 8. The number of carbonyl (C=O) groups is 2. The first-order chi connectivity index (χ1) is 15.4. The zero-order valence-corrected chi connectivity index (χ0v) is 19.9. The molecule has 2 aromatic heterocycles. The molecule has 0 aliphatic rings. The van der Waals surface area contributed by atoms with Gasteiger partial charge in [-0.3, -0.25) is 19.6 Å². The zero-order valence-electron chi connectivity index (χ0n) is 19.9. The van der Waals surface area contributed by atoms with Crippen molar-refractivity contribution in [1.82, 2.24) is 24.6 Å². The molecular weight excluding hydrogens is 406 g/mol. The van der Waals surface area contributed by atoms with Crippen molar-refractivity contribution in [3.05, 3.63) is 41.2 Å². The summed E-state index contributed by atoms with van der Waals surface area (Å²) in [7, 11) is 1.59. The second kappa shape index (κ2) is 11.4. The first-order valence-electron chi connectivity index (χ1n) is 11.2. The van der Waals surface area contributed by atoms with Crippen LogP contribution in [-0.4, -0.2) is 44.7 Å². The molecule has 0 saturated carbocycles. The smallest absolute Gasteiger partial charge is 0.276 e. The maximum atomic E-state index is 12.9. The molecule has 0 spiro atoms. The Morgan fingerprint density at radius 3 is 2.53 bits per heavy atom. The lowest BCUT2D eigenvalue weighted by atomic mass is 10.1. The third-order valence-corrected chi connectivity index (χ3v) is 5.14. The minimum atomic E-state index is -0.271. The van der Waals surface area contributed by atoms with E-state index in [0.717, 1.165) is 17.6 Å². The average Bonchev–Trinajstić information content (AvgIpc) is 3.36. The van der Waals surface area contributed by atoms with Crippen molar-refractivity contribution in [3.8, 4) is 0 Å². The summed E-state index contributed by atoms with van der Waals surface area (Å²) in [5, 5.41) is 9.88. The van der Waals surface area contributed by atoms with Crippen molar-refractivity contribution >= 4 is 28.8 Å². The molecule has 4 N–H and O–H groups in total. The van der Waals surface area contributed by atoms with Crippen molar-refractivity contribution in [3.63, 3.8) is 0 Å². The molecule has 2 amide bonds. The molecule has 174 valence electrons. The lowest BCUT2D eigenvalue weighted by molar-refractivity contribution is 0.0962. The van der Waals surface area contributed by atoms with Crippen LogP contribution in [-0.2, 0) is 13.1 Å². The summed E-state index contributed by atoms with van der Waals surface area (Å²) >= 11 is 0. The van der Waals surface area contributed by atoms with Crippen LogP contribution in [0.3, 0.4) is 0 Å². The third-order valence-electron chi connectivity index (χ3n) is 5.14. The van der Waals surface area contributed by atoms with E-state index in [9.17, 15) is 9.59 Å². The molecule has 32 heavy (non-hydrogen) atoms. The van der Waals surface area contributed by atoms with Crippen LogP contribution < -0.4 is 16.4 Å². The van der Waals surface area contributed by atoms with Crippen LogP contribution in [0.2, 0.25) is 0 Å². The van der Waals surface area contributed by atoms with Crippen LogP contribution in [0.4, 0.5) is 5.95 Å². The highest BCUT2D eigenvalue weighted by molar-refractivity contribution is 6.03. The van der Waals surface area contributed by atoms with E-state index in [1.165, 1.54) is 0 Å². The number of imidazole rings is 1. The maximum Gasteiger partial charge on any atom is 0.276 e. The molecule has 0 aliphatic carbocycles. The molecule has 1 aromatic carbocycles. The Balaban J connectivity index is 0.00000176. The Kier molecular flexibility index (Phi) is 8.95. The first kappa shape index (κ1) is 25.1. The van der Waals surface area contributed by atoms with Gasteiger partial charge in [0, 0.05) is 25.7 Å². The van der Waals surface area contributed by atoms with E-state index in [1.54, 1.807) is 29.9 Å². The van der Waals surface area contributed by atoms with E-state index in [1.807, 2.05) is 38.3 Å². The van der Waals surface area contributed by atoms with Gasteiger partial charge in [-0.05, 0) is 57.0 Å². The van der Waals surface area contributed by atoms with Gasteiger partial charge in [-0.15, -0.1) is 0 Å². The molecule has 3 rings (SSSR count). The number of anilines is 1. The number of fused-ring (bicyclic) bond motifs is 1. The monoisotopic (exact) mass is 441 g/mol. The van der Waals surface area contributed by atoms with E-state index in [0.29, 0.717) is 48.3 Å². The van der Waals surface area contributed by atoms with Gasteiger partial charge in [0.1, 0.15) is 5.69 Å². The normalized spacial score (nSPS) is 11.6. The fourth-order valence-electron chi connectivity index (χ4n) is 3.34. The summed E-state index contributed by atoms with van der Waals surface area (Å²) in [5.41, 5.74) is 9.05. The number of carbonyl (C=O) groups excluding carboxylic acids is 2. The van der Waals surface area contributed by atoms with E-state index in [2.05, 4.69) is 27.6 Å². The minimum Gasteiger partial charge on any atom is -0.355 e. The largest absolute Gasteiger partial charge is 0.355 e. The molecular formula is C23H35N7O2. The Labute approximate surface area is 189 Å². The van der Waals surface area contributed by atoms with E-state index in [-0.39, 0.29) is 11.8 Å². The van der Waals surface area contributed by atoms with Crippen LogP contribution in [0.15, 0.2) is 24.3 Å². The molecule has 0 saturated heterocycles. The lowest BCUT2D eigenvalue weighted by Gasteiger charge is -2.13.